The Bertz CT molecular complexity index is 12.8. The first-order chi connectivity index (χ1) is 2.00. The van der Waals surface area contributed by atoms with Crippen molar-refractivity contribution in [1.29, 1.82) is 5.26 Å². The van der Waals surface area contributed by atoms with Gasteiger partial charge in [0.05, 0.1) is 11.9 Å². The average molecular weight is 79.5 g/mol. The molecule has 0 aromatic carbocycles. The summed E-state index contributed by atoms with van der Waals surface area (Å²) in [4.78, 5) is 0. The molecule has 0 aromatic rings. The molecule has 0 spiro atoms. The second kappa shape index (κ2) is 123. The number of rotatable bonds is 0. The normalized spacial score (nSPS) is 2.00. The van der Waals surface area contributed by atoms with Crippen molar-refractivity contribution in [3.05, 3.63) is 0 Å². The maximum absolute atomic E-state index is 6.50. The summed E-state index contributed by atoms with van der Waals surface area (Å²) in [5.74, 6) is 0. The molecule has 2 nitrogen and oxygen atoms in total. The molecule has 0 aromatic heterocycles. The maximum Gasteiger partial charge on any atom is 0.0579 e. The topological polar surface area (TPSA) is 44.0 Å². The van der Waals surface area contributed by atoms with Crippen molar-refractivity contribution in [1.82, 2.24) is 0 Å². The predicted molar refractivity (Wildman–Crippen MR) is 14.7 cm³/mol. The summed E-state index contributed by atoms with van der Waals surface area (Å²) in [5.41, 5.74) is 0. The van der Waals surface area contributed by atoms with E-state index in [1.165, 1.54) is 0 Å². The quantitative estimate of drug-likeness (QED) is 0.453. The Morgan fingerprint density at radius 1 is 1.50 bits per heavy atom. The van der Waals surface area contributed by atoms with Crippen molar-refractivity contribution in [3.8, 4) is 6.57 Å². The van der Waals surface area contributed by atoms with Crippen molar-refractivity contribution in [2.75, 3.05) is 0 Å². The summed E-state index contributed by atoms with van der Waals surface area (Å²) in [6.45, 7) is 3.50. The second-order valence-electron chi connectivity index (χ2n) is 0. The third-order valence-corrected chi connectivity index (χ3v) is 0. The highest BCUT2D eigenvalue weighted by molar-refractivity contribution is 6.04. The molecule has 0 rings (SSSR count). The van der Waals surface area contributed by atoms with Crippen LogP contribution in [0.1, 0.15) is 0 Å². The Kier molecular flexibility index (Phi) is 285. The molecular formula is CH2ClNO. The Labute approximate surface area is 29.4 Å². The summed E-state index contributed by atoms with van der Waals surface area (Å²) in [6.07, 6.45) is 0. The minimum atomic E-state index is 3.50. The smallest absolute Gasteiger partial charge is 0.0579 e. The van der Waals surface area contributed by atoms with E-state index in [9.17, 15) is 0 Å². The van der Waals surface area contributed by atoms with E-state index >= 15 is 0 Å². The number of hydrogen-bond donors (Lipinski definition) is 1. The lowest BCUT2D eigenvalue weighted by atomic mass is 11.9. The Balaban J connectivity index is 0. The predicted octanol–water partition coefficient (Wildman–Crippen LogP) is 0.272. The van der Waals surface area contributed by atoms with Crippen LogP contribution < -0.4 is 0 Å². The zero-order valence-corrected chi connectivity index (χ0v) is 2.61. The third-order valence-electron chi connectivity index (χ3n) is 0. The molecule has 0 aliphatic rings. The molecule has 4 heavy (non-hydrogen) atoms. The minimum Gasteiger partial charge on any atom is -0.295 e. The molecule has 0 radical (unpaired) electrons. The monoisotopic (exact) mass is 79.0 g/mol. The van der Waals surface area contributed by atoms with Gasteiger partial charge < -0.3 is 0 Å². The van der Waals surface area contributed by atoms with Gasteiger partial charge in [-0.15, -0.1) is 0 Å². The number of nitriles is 1. The standard InChI is InChI=1S/CHN.ClHO/c2*1-2/h1H;2H. The Hall–Kier alpha value is -0.260. The van der Waals surface area contributed by atoms with E-state index in [0.29, 0.717) is 0 Å². The molecule has 3 heteroatoms. The van der Waals surface area contributed by atoms with Gasteiger partial charge in [-0.1, -0.05) is 0 Å². The molecule has 0 atom stereocenters. The van der Waals surface area contributed by atoms with Crippen molar-refractivity contribution in [2.24, 2.45) is 0 Å². The molecule has 0 heterocycles. The van der Waals surface area contributed by atoms with Crippen molar-refractivity contribution in [2.45, 2.75) is 0 Å². The van der Waals surface area contributed by atoms with Crippen LogP contribution in [0.4, 0.5) is 0 Å². The van der Waals surface area contributed by atoms with Gasteiger partial charge in [0.15, 0.2) is 0 Å². The van der Waals surface area contributed by atoms with Crippen LogP contribution in [0.3, 0.4) is 0 Å². The summed E-state index contributed by atoms with van der Waals surface area (Å²) >= 11 is 3.64. The van der Waals surface area contributed by atoms with Crippen LogP contribution in [-0.4, -0.2) is 4.66 Å². The number of hydrogen-bond acceptors (Lipinski definition) is 2. The lowest BCUT2D eigenvalue weighted by Crippen LogP contribution is -0.913. The van der Waals surface area contributed by atoms with Gasteiger partial charge in [0.2, 0.25) is 0 Å². The third kappa shape index (κ3) is 14.1. The van der Waals surface area contributed by atoms with E-state index in [-0.39, 0.29) is 0 Å². The maximum atomic E-state index is 6.50. The highest BCUT2D eigenvalue weighted by Gasteiger charge is 0.897. The largest absolute Gasteiger partial charge is 0.295 e. The van der Waals surface area contributed by atoms with Gasteiger partial charge in [0, 0.05) is 6.57 Å². The summed E-state index contributed by atoms with van der Waals surface area (Å²) in [7, 11) is 0. The fourth-order valence-electron chi connectivity index (χ4n) is 0. The highest BCUT2D eigenvalue weighted by atomic mass is 35.5. The van der Waals surface area contributed by atoms with Crippen molar-refractivity contribution >= 4 is 11.9 Å². The molecule has 0 unspecified atom stereocenters. The van der Waals surface area contributed by atoms with Crippen LogP contribution in [0, 0.1) is 11.8 Å². The number of halogens is 1. The van der Waals surface area contributed by atoms with Crippen LogP contribution in [0.15, 0.2) is 0 Å². The Morgan fingerprint density at radius 2 is 1.50 bits per heavy atom. The van der Waals surface area contributed by atoms with Gasteiger partial charge in [0.25, 0.3) is 0 Å². The molecule has 0 aliphatic heterocycles. The van der Waals surface area contributed by atoms with E-state index < -0.39 is 0 Å². The molecule has 0 bridgehead atoms. The summed E-state index contributed by atoms with van der Waals surface area (Å²) in [5, 5.41) is 6.50. The van der Waals surface area contributed by atoms with Gasteiger partial charge in [-0.05, 0) is 0 Å². The first-order valence-corrected chi connectivity index (χ1v) is 0.765. The zero-order valence-electron chi connectivity index (χ0n) is 1.85. The van der Waals surface area contributed by atoms with Crippen molar-refractivity contribution in [3.63, 3.8) is 0 Å². The summed E-state index contributed by atoms with van der Waals surface area (Å²) in [6, 6.07) is 0. The lowest BCUT2D eigenvalue weighted by molar-refractivity contribution is 0.632. The van der Waals surface area contributed by atoms with Gasteiger partial charge >= 0.3 is 0 Å². The Morgan fingerprint density at radius 3 is 1.50 bits per heavy atom. The first-order valence-electron chi connectivity index (χ1n) is 0.427. The van der Waals surface area contributed by atoms with Gasteiger partial charge in [-0.25, -0.2) is 5.26 Å². The van der Waals surface area contributed by atoms with E-state index in [2.05, 4.69) is 18.4 Å². The summed E-state index contributed by atoms with van der Waals surface area (Å²) < 4.78 is 6.47. The van der Waals surface area contributed by atoms with Crippen LogP contribution in [0.2, 0.25) is 0 Å². The van der Waals surface area contributed by atoms with E-state index in [0.717, 1.165) is 0 Å². The molecule has 24 valence electrons. The molecule has 0 saturated carbocycles. The van der Waals surface area contributed by atoms with Gasteiger partial charge in [-0.3, -0.25) is 4.66 Å². The first kappa shape index (κ1) is 9.27. The molecule has 0 aliphatic carbocycles. The van der Waals surface area contributed by atoms with E-state index in [1.807, 2.05) is 0 Å². The van der Waals surface area contributed by atoms with Gasteiger partial charge in [-0.2, -0.15) is 0 Å². The highest BCUT2D eigenvalue weighted by Crippen LogP contribution is 1.31. The van der Waals surface area contributed by atoms with E-state index in [1.54, 1.807) is 0 Å². The van der Waals surface area contributed by atoms with Crippen LogP contribution in [-0.2, 0) is 0 Å². The molecule has 0 amide bonds. The van der Waals surface area contributed by atoms with Gasteiger partial charge in [0.1, 0.15) is 0 Å². The fraction of sp³-hybridized carbons (Fsp3) is 0. The lowest BCUT2D eigenvalue weighted by Gasteiger charge is -1.13. The van der Waals surface area contributed by atoms with E-state index in [4.69, 9.17) is 9.92 Å². The molecular weight excluding hydrogens is 77.5 g/mol. The molecule has 1 N–H and O–H groups in total. The minimum absolute atomic E-state index is 3.50. The van der Waals surface area contributed by atoms with Crippen molar-refractivity contribution < 1.29 is 4.66 Å². The second-order valence-corrected chi connectivity index (χ2v) is 0. The van der Waals surface area contributed by atoms with Crippen LogP contribution in [0.25, 0.3) is 0 Å². The van der Waals surface area contributed by atoms with Crippen LogP contribution in [0.5, 0.6) is 0 Å². The molecule has 0 saturated heterocycles. The zero-order chi connectivity index (χ0) is 4.00. The SMILES string of the molecule is C#N.OCl. The average Bonchev–Trinajstić information content (AvgIpc) is 1.50. The number of nitrogens with zero attached hydrogens (tertiary/aromatic N) is 1. The molecule has 0 fully saturated rings. The van der Waals surface area contributed by atoms with Crippen LogP contribution >= 0.6 is 11.9 Å². The fourth-order valence-corrected chi connectivity index (χ4v) is 0.